The largest absolute Gasteiger partial charge is 0.316 e. The van der Waals surface area contributed by atoms with Crippen molar-refractivity contribution in [3.63, 3.8) is 0 Å². The highest BCUT2D eigenvalue weighted by Crippen LogP contribution is 2.12. The number of rotatable bonds is 6. The van der Waals surface area contributed by atoms with Gasteiger partial charge in [0.05, 0.1) is 11.0 Å². The van der Waals surface area contributed by atoms with Gasteiger partial charge in [-0.2, -0.15) is 0 Å². The third-order valence-electron chi connectivity index (χ3n) is 2.91. The average Bonchev–Trinajstić information content (AvgIpc) is 2.39. The number of likely N-dealkylation sites (N-methyl/N-ethyl adjacent to an activating group) is 2. The molecule has 1 aromatic heterocycles. The summed E-state index contributed by atoms with van der Waals surface area (Å²) in [6.07, 6.45) is 3.46. The Bertz CT molecular complexity index is 498. The minimum absolute atomic E-state index is 0.942. The van der Waals surface area contributed by atoms with Gasteiger partial charge in [0.1, 0.15) is 0 Å². The van der Waals surface area contributed by atoms with E-state index in [-0.39, 0.29) is 0 Å². The van der Waals surface area contributed by atoms with Crippen molar-refractivity contribution in [1.29, 1.82) is 0 Å². The summed E-state index contributed by atoms with van der Waals surface area (Å²) < 4.78 is 0. The van der Waals surface area contributed by atoms with Crippen molar-refractivity contribution < 1.29 is 0 Å². The Morgan fingerprint density at radius 2 is 1.94 bits per heavy atom. The molecule has 1 heterocycles. The van der Waals surface area contributed by atoms with E-state index in [1.807, 2.05) is 6.07 Å². The van der Waals surface area contributed by atoms with Crippen molar-refractivity contribution in [3.05, 3.63) is 36.2 Å². The van der Waals surface area contributed by atoms with E-state index in [9.17, 15) is 0 Å². The zero-order chi connectivity index (χ0) is 12.8. The fourth-order valence-corrected chi connectivity index (χ4v) is 1.94. The molecule has 96 valence electrons. The highest BCUT2D eigenvalue weighted by molar-refractivity contribution is 5.74. The van der Waals surface area contributed by atoms with Crippen LogP contribution >= 0.6 is 0 Å². The van der Waals surface area contributed by atoms with Gasteiger partial charge < -0.3 is 10.2 Å². The van der Waals surface area contributed by atoms with Crippen LogP contribution in [0.4, 0.5) is 0 Å². The molecule has 0 aliphatic heterocycles. The maximum absolute atomic E-state index is 4.33. The van der Waals surface area contributed by atoms with Crippen molar-refractivity contribution in [2.75, 3.05) is 26.7 Å². The SMILES string of the molecule is CCNCCN(C)Cc1ccc2nccnc2c1. The lowest BCUT2D eigenvalue weighted by Crippen LogP contribution is -2.28. The molecule has 0 bridgehead atoms. The van der Waals surface area contributed by atoms with Crippen molar-refractivity contribution >= 4 is 11.0 Å². The fourth-order valence-electron chi connectivity index (χ4n) is 1.94. The van der Waals surface area contributed by atoms with E-state index in [0.29, 0.717) is 0 Å². The summed E-state index contributed by atoms with van der Waals surface area (Å²) in [5.41, 5.74) is 3.20. The lowest BCUT2D eigenvalue weighted by atomic mass is 10.2. The van der Waals surface area contributed by atoms with Crippen LogP contribution in [-0.4, -0.2) is 41.5 Å². The first-order chi connectivity index (χ1) is 8.79. The highest BCUT2D eigenvalue weighted by Gasteiger charge is 2.02. The van der Waals surface area contributed by atoms with E-state index in [1.165, 1.54) is 5.56 Å². The maximum atomic E-state index is 4.33. The van der Waals surface area contributed by atoms with E-state index in [4.69, 9.17) is 0 Å². The molecule has 4 heteroatoms. The molecule has 0 fully saturated rings. The van der Waals surface area contributed by atoms with Gasteiger partial charge in [0.25, 0.3) is 0 Å². The van der Waals surface area contributed by atoms with E-state index in [1.54, 1.807) is 12.4 Å². The summed E-state index contributed by atoms with van der Waals surface area (Å²) >= 11 is 0. The molecule has 1 N–H and O–H groups in total. The topological polar surface area (TPSA) is 41.0 Å². The Hall–Kier alpha value is -1.52. The average molecular weight is 244 g/mol. The Kier molecular flexibility index (Phi) is 4.61. The third kappa shape index (κ3) is 3.48. The van der Waals surface area contributed by atoms with Crippen molar-refractivity contribution in [3.8, 4) is 0 Å². The molecule has 0 radical (unpaired) electrons. The van der Waals surface area contributed by atoms with Crippen LogP contribution < -0.4 is 5.32 Å². The van der Waals surface area contributed by atoms with Crippen LogP contribution in [0, 0.1) is 0 Å². The molecule has 0 aliphatic rings. The van der Waals surface area contributed by atoms with Gasteiger partial charge in [-0.1, -0.05) is 13.0 Å². The van der Waals surface area contributed by atoms with Crippen LogP contribution in [0.3, 0.4) is 0 Å². The molecule has 0 unspecified atom stereocenters. The summed E-state index contributed by atoms with van der Waals surface area (Å²) in [5.74, 6) is 0. The molecule has 0 amide bonds. The first-order valence-corrected chi connectivity index (χ1v) is 6.38. The Morgan fingerprint density at radius 3 is 2.72 bits per heavy atom. The zero-order valence-corrected chi connectivity index (χ0v) is 11.1. The van der Waals surface area contributed by atoms with Gasteiger partial charge in [-0.15, -0.1) is 0 Å². The Balaban J connectivity index is 1.98. The summed E-state index contributed by atoms with van der Waals surface area (Å²) in [6, 6.07) is 6.28. The molecule has 0 atom stereocenters. The number of benzene rings is 1. The normalized spacial score (nSPS) is 11.3. The summed E-state index contributed by atoms with van der Waals surface area (Å²) in [6.45, 7) is 6.17. The zero-order valence-electron chi connectivity index (χ0n) is 11.1. The molecule has 0 saturated carbocycles. The van der Waals surface area contributed by atoms with Crippen LogP contribution in [0.5, 0.6) is 0 Å². The molecule has 0 saturated heterocycles. The second kappa shape index (κ2) is 6.42. The molecule has 18 heavy (non-hydrogen) atoms. The number of hydrogen-bond donors (Lipinski definition) is 1. The van der Waals surface area contributed by atoms with Crippen LogP contribution in [0.15, 0.2) is 30.6 Å². The summed E-state index contributed by atoms with van der Waals surface area (Å²) in [5, 5.41) is 3.33. The van der Waals surface area contributed by atoms with Crippen molar-refractivity contribution in [1.82, 2.24) is 20.2 Å². The van der Waals surface area contributed by atoms with Crippen LogP contribution in [-0.2, 0) is 6.54 Å². The van der Waals surface area contributed by atoms with E-state index >= 15 is 0 Å². The monoisotopic (exact) mass is 244 g/mol. The molecule has 2 rings (SSSR count). The molecular formula is C14H20N4. The van der Waals surface area contributed by atoms with E-state index in [0.717, 1.165) is 37.2 Å². The molecule has 0 aliphatic carbocycles. The number of nitrogens with zero attached hydrogens (tertiary/aromatic N) is 3. The van der Waals surface area contributed by atoms with E-state index in [2.05, 4.69) is 46.3 Å². The second-order valence-electron chi connectivity index (χ2n) is 4.47. The minimum atomic E-state index is 0.942. The van der Waals surface area contributed by atoms with Gasteiger partial charge in [0.2, 0.25) is 0 Å². The van der Waals surface area contributed by atoms with Gasteiger partial charge in [-0.3, -0.25) is 9.97 Å². The number of nitrogens with one attached hydrogen (secondary N) is 1. The van der Waals surface area contributed by atoms with Crippen molar-refractivity contribution in [2.45, 2.75) is 13.5 Å². The first-order valence-electron chi connectivity index (χ1n) is 6.38. The maximum Gasteiger partial charge on any atom is 0.0890 e. The summed E-state index contributed by atoms with van der Waals surface area (Å²) in [7, 11) is 2.14. The lowest BCUT2D eigenvalue weighted by molar-refractivity contribution is 0.326. The second-order valence-corrected chi connectivity index (χ2v) is 4.47. The van der Waals surface area contributed by atoms with E-state index < -0.39 is 0 Å². The Labute approximate surface area is 108 Å². The van der Waals surface area contributed by atoms with Gasteiger partial charge in [-0.05, 0) is 31.3 Å². The lowest BCUT2D eigenvalue weighted by Gasteiger charge is -2.16. The summed E-state index contributed by atoms with van der Waals surface area (Å²) in [4.78, 5) is 10.9. The molecule has 0 spiro atoms. The van der Waals surface area contributed by atoms with Crippen LogP contribution in [0.25, 0.3) is 11.0 Å². The van der Waals surface area contributed by atoms with Gasteiger partial charge in [0, 0.05) is 32.0 Å². The third-order valence-corrected chi connectivity index (χ3v) is 2.91. The quantitative estimate of drug-likeness (QED) is 0.785. The molecule has 2 aromatic rings. The fraction of sp³-hybridized carbons (Fsp3) is 0.429. The predicted molar refractivity (Wildman–Crippen MR) is 74.4 cm³/mol. The smallest absolute Gasteiger partial charge is 0.0890 e. The first kappa shape index (κ1) is 12.9. The number of aromatic nitrogens is 2. The molecular weight excluding hydrogens is 224 g/mol. The predicted octanol–water partition coefficient (Wildman–Crippen LogP) is 1.67. The number of fused-ring (bicyclic) bond motifs is 1. The van der Waals surface area contributed by atoms with Gasteiger partial charge in [0.15, 0.2) is 0 Å². The van der Waals surface area contributed by atoms with Crippen molar-refractivity contribution in [2.24, 2.45) is 0 Å². The van der Waals surface area contributed by atoms with Crippen LogP contribution in [0.1, 0.15) is 12.5 Å². The molecule has 1 aromatic carbocycles. The number of hydrogen-bond acceptors (Lipinski definition) is 4. The molecule has 4 nitrogen and oxygen atoms in total. The van der Waals surface area contributed by atoms with Gasteiger partial charge >= 0.3 is 0 Å². The van der Waals surface area contributed by atoms with Gasteiger partial charge in [-0.25, -0.2) is 0 Å². The Morgan fingerprint density at radius 1 is 1.17 bits per heavy atom. The highest BCUT2D eigenvalue weighted by atomic mass is 15.1. The minimum Gasteiger partial charge on any atom is -0.316 e. The standard InChI is InChI=1S/C14H20N4/c1-3-15-8-9-18(2)11-12-4-5-13-14(10-12)17-7-6-16-13/h4-7,10,15H,3,8-9,11H2,1-2H3. The van der Waals surface area contributed by atoms with Crippen LogP contribution in [0.2, 0.25) is 0 Å².